The average molecular weight is 283 g/mol. The molecule has 0 unspecified atom stereocenters. The van der Waals surface area contributed by atoms with Gasteiger partial charge in [0.1, 0.15) is 0 Å². The van der Waals surface area contributed by atoms with Crippen LogP contribution in [0.2, 0.25) is 0 Å². The van der Waals surface area contributed by atoms with Gasteiger partial charge in [-0.3, -0.25) is 10.1 Å². The molecule has 0 spiro atoms. The number of nitrogens with zero attached hydrogens (tertiary/aromatic N) is 1. The number of nitro groups is 1. The summed E-state index contributed by atoms with van der Waals surface area (Å²) < 4.78 is 0. The summed E-state index contributed by atoms with van der Waals surface area (Å²) in [6.07, 6.45) is 4.10. The zero-order chi connectivity index (χ0) is 14.1. The van der Waals surface area contributed by atoms with Gasteiger partial charge in [0, 0.05) is 36.6 Å². The van der Waals surface area contributed by atoms with Crippen molar-refractivity contribution in [2.45, 2.75) is 19.8 Å². The third kappa shape index (κ3) is 5.83. The van der Waals surface area contributed by atoms with Crippen molar-refractivity contribution in [3.05, 3.63) is 28.3 Å². The van der Waals surface area contributed by atoms with E-state index >= 15 is 0 Å². The van der Waals surface area contributed by atoms with Crippen molar-refractivity contribution in [1.29, 1.82) is 0 Å². The number of hydrogen-bond acceptors (Lipinski definition) is 5. The highest BCUT2D eigenvalue weighted by Crippen LogP contribution is 2.24. The lowest BCUT2D eigenvalue weighted by atomic mass is 10.2. The standard InChI is InChI=1S/C13H21N3O2S/c1-3-5-14-11-8-12(15-6-4-7-19-2)10-13(9-11)16(17)18/h8-10,14-15H,3-7H2,1-2H3. The van der Waals surface area contributed by atoms with E-state index < -0.39 is 0 Å². The van der Waals surface area contributed by atoms with Crippen molar-refractivity contribution in [3.8, 4) is 0 Å². The Bertz CT molecular complexity index is 413. The van der Waals surface area contributed by atoms with Gasteiger partial charge in [-0.25, -0.2) is 0 Å². The van der Waals surface area contributed by atoms with Crippen LogP contribution in [0.1, 0.15) is 19.8 Å². The minimum atomic E-state index is -0.357. The first-order valence-corrected chi connectivity index (χ1v) is 7.83. The van der Waals surface area contributed by atoms with Crippen molar-refractivity contribution in [2.75, 3.05) is 35.7 Å². The second kappa shape index (κ2) is 8.63. The summed E-state index contributed by atoms with van der Waals surface area (Å²) in [5.74, 6) is 1.09. The van der Waals surface area contributed by atoms with Crippen LogP contribution in [-0.2, 0) is 0 Å². The predicted octanol–water partition coefficient (Wildman–Crippen LogP) is 3.58. The SMILES string of the molecule is CCCNc1cc(NCCCSC)cc([N+](=O)[O-])c1. The van der Waals surface area contributed by atoms with Crippen LogP contribution in [0.3, 0.4) is 0 Å². The van der Waals surface area contributed by atoms with Gasteiger partial charge in [0.25, 0.3) is 5.69 Å². The van der Waals surface area contributed by atoms with Gasteiger partial charge < -0.3 is 10.6 Å². The molecule has 5 nitrogen and oxygen atoms in total. The highest BCUT2D eigenvalue weighted by Gasteiger charge is 2.09. The van der Waals surface area contributed by atoms with Crippen molar-refractivity contribution in [1.82, 2.24) is 0 Å². The molecule has 1 aromatic rings. The number of nitrogens with one attached hydrogen (secondary N) is 2. The Hall–Kier alpha value is -1.43. The highest BCUT2D eigenvalue weighted by atomic mass is 32.2. The van der Waals surface area contributed by atoms with Crippen LogP contribution < -0.4 is 10.6 Å². The molecule has 0 bridgehead atoms. The summed E-state index contributed by atoms with van der Waals surface area (Å²) in [6, 6.07) is 5.07. The molecule has 6 heteroatoms. The Kier molecular flexibility index (Phi) is 7.10. The molecule has 0 saturated heterocycles. The number of rotatable bonds is 9. The molecular formula is C13H21N3O2S. The van der Waals surface area contributed by atoms with Crippen molar-refractivity contribution < 1.29 is 4.92 Å². The van der Waals surface area contributed by atoms with E-state index in [1.165, 1.54) is 0 Å². The second-order valence-corrected chi connectivity index (χ2v) is 5.21. The first kappa shape index (κ1) is 15.6. The molecule has 1 rings (SSSR count). The molecule has 0 aliphatic heterocycles. The number of thioether (sulfide) groups is 1. The third-order valence-corrected chi connectivity index (χ3v) is 3.26. The molecule has 0 aliphatic rings. The number of nitro benzene ring substituents is 1. The number of hydrogen-bond donors (Lipinski definition) is 2. The van der Waals surface area contributed by atoms with Crippen molar-refractivity contribution >= 4 is 28.8 Å². The molecule has 2 N–H and O–H groups in total. The summed E-state index contributed by atoms with van der Waals surface area (Å²) in [7, 11) is 0. The Balaban J connectivity index is 2.72. The Morgan fingerprint density at radius 3 is 2.37 bits per heavy atom. The quantitative estimate of drug-likeness (QED) is 0.412. The van der Waals surface area contributed by atoms with E-state index in [0.717, 1.165) is 43.1 Å². The van der Waals surface area contributed by atoms with E-state index in [-0.39, 0.29) is 10.6 Å². The van der Waals surface area contributed by atoms with E-state index in [4.69, 9.17) is 0 Å². The topological polar surface area (TPSA) is 67.2 Å². The summed E-state index contributed by atoms with van der Waals surface area (Å²) in [4.78, 5) is 10.5. The first-order chi connectivity index (χ1) is 9.17. The number of non-ortho nitro benzene ring substituents is 1. The first-order valence-electron chi connectivity index (χ1n) is 6.43. The van der Waals surface area contributed by atoms with Gasteiger partial charge in [0.15, 0.2) is 0 Å². The molecule has 0 amide bonds. The van der Waals surface area contributed by atoms with E-state index in [0.29, 0.717) is 0 Å². The summed E-state index contributed by atoms with van der Waals surface area (Å²) in [5.41, 5.74) is 1.71. The molecule has 0 radical (unpaired) electrons. The minimum Gasteiger partial charge on any atom is -0.385 e. The maximum absolute atomic E-state index is 10.9. The lowest BCUT2D eigenvalue weighted by Gasteiger charge is -2.10. The lowest BCUT2D eigenvalue weighted by Crippen LogP contribution is -2.05. The van der Waals surface area contributed by atoms with Gasteiger partial charge in [0.2, 0.25) is 0 Å². The Morgan fingerprint density at radius 2 is 1.84 bits per heavy atom. The summed E-state index contributed by atoms with van der Waals surface area (Å²) in [6.45, 7) is 3.70. The van der Waals surface area contributed by atoms with Gasteiger partial charge in [0.05, 0.1) is 4.92 Å². The maximum Gasteiger partial charge on any atom is 0.273 e. The van der Waals surface area contributed by atoms with Crippen LogP contribution in [0, 0.1) is 10.1 Å². The predicted molar refractivity (Wildman–Crippen MR) is 83.4 cm³/mol. The number of benzene rings is 1. The van der Waals surface area contributed by atoms with Gasteiger partial charge in [-0.15, -0.1) is 0 Å². The molecule has 19 heavy (non-hydrogen) atoms. The molecule has 0 fully saturated rings. The normalized spacial score (nSPS) is 10.2. The molecule has 1 aromatic carbocycles. The molecule has 0 aromatic heterocycles. The molecule has 0 atom stereocenters. The third-order valence-electron chi connectivity index (χ3n) is 2.56. The highest BCUT2D eigenvalue weighted by molar-refractivity contribution is 7.98. The largest absolute Gasteiger partial charge is 0.385 e. The monoisotopic (exact) mass is 283 g/mol. The molecular weight excluding hydrogens is 262 g/mol. The molecule has 106 valence electrons. The smallest absolute Gasteiger partial charge is 0.273 e. The maximum atomic E-state index is 10.9. The van der Waals surface area contributed by atoms with Crippen LogP contribution in [-0.4, -0.2) is 30.0 Å². The Labute approximate surface area is 118 Å². The fourth-order valence-electron chi connectivity index (χ4n) is 1.64. The van der Waals surface area contributed by atoms with Crippen molar-refractivity contribution in [2.24, 2.45) is 0 Å². The van der Waals surface area contributed by atoms with E-state index in [2.05, 4.69) is 23.8 Å². The zero-order valence-corrected chi connectivity index (χ0v) is 12.3. The van der Waals surface area contributed by atoms with Crippen LogP contribution in [0.4, 0.5) is 17.1 Å². The van der Waals surface area contributed by atoms with Crippen LogP contribution >= 0.6 is 11.8 Å². The lowest BCUT2D eigenvalue weighted by molar-refractivity contribution is -0.384. The minimum absolute atomic E-state index is 0.119. The Morgan fingerprint density at radius 1 is 1.21 bits per heavy atom. The second-order valence-electron chi connectivity index (χ2n) is 4.23. The fraction of sp³-hybridized carbons (Fsp3) is 0.538. The van der Waals surface area contributed by atoms with E-state index in [9.17, 15) is 10.1 Å². The van der Waals surface area contributed by atoms with Crippen LogP contribution in [0.15, 0.2) is 18.2 Å². The average Bonchev–Trinajstić information content (AvgIpc) is 2.41. The van der Waals surface area contributed by atoms with E-state index in [1.54, 1.807) is 23.9 Å². The molecule has 0 saturated carbocycles. The molecule has 0 heterocycles. The zero-order valence-electron chi connectivity index (χ0n) is 11.4. The summed E-state index contributed by atoms with van der Waals surface area (Å²) in [5, 5.41) is 17.3. The van der Waals surface area contributed by atoms with Gasteiger partial charge in [-0.2, -0.15) is 11.8 Å². The van der Waals surface area contributed by atoms with Gasteiger partial charge in [-0.1, -0.05) is 6.92 Å². The molecule has 0 aliphatic carbocycles. The van der Waals surface area contributed by atoms with Crippen molar-refractivity contribution in [3.63, 3.8) is 0 Å². The van der Waals surface area contributed by atoms with Gasteiger partial charge >= 0.3 is 0 Å². The van der Waals surface area contributed by atoms with Crippen LogP contribution in [0.5, 0.6) is 0 Å². The van der Waals surface area contributed by atoms with Gasteiger partial charge in [-0.05, 0) is 30.9 Å². The van der Waals surface area contributed by atoms with Crippen LogP contribution in [0.25, 0.3) is 0 Å². The van der Waals surface area contributed by atoms with E-state index in [1.807, 2.05) is 6.07 Å². The fourth-order valence-corrected chi connectivity index (χ4v) is 2.07. The number of anilines is 2. The summed E-state index contributed by atoms with van der Waals surface area (Å²) >= 11 is 1.80.